The van der Waals surface area contributed by atoms with Crippen molar-refractivity contribution in [2.75, 3.05) is 20.3 Å². The number of methoxy groups -OCH3 is 1. The molecule has 1 aromatic rings. The Morgan fingerprint density at radius 2 is 2.04 bits per heavy atom. The predicted molar refractivity (Wildman–Crippen MR) is 109 cm³/mol. The number of nitrogens with one attached hydrogen (secondary N) is 1. The van der Waals surface area contributed by atoms with E-state index in [4.69, 9.17) is 16.3 Å². The Bertz CT molecular complexity index is 785. The second-order valence-electron chi connectivity index (χ2n) is 8.46. The van der Waals surface area contributed by atoms with Crippen LogP contribution in [0.25, 0.3) is 0 Å². The molecule has 0 saturated carbocycles. The van der Waals surface area contributed by atoms with Crippen LogP contribution in [0, 0.1) is 5.41 Å². The van der Waals surface area contributed by atoms with E-state index in [0.717, 1.165) is 18.4 Å². The smallest absolute Gasteiger partial charge is 0.335 e. The first-order valence-electron chi connectivity index (χ1n) is 9.30. The van der Waals surface area contributed by atoms with E-state index in [0.29, 0.717) is 17.2 Å². The number of benzene rings is 1. The molecular weight excluding hydrogens is 380 g/mol. The molecule has 2 N–H and O–H groups in total. The number of hydrogen-bond acceptors (Lipinski definition) is 3. The van der Waals surface area contributed by atoms with Crippen LogP contribution >= 0.6 is 11.6 Å². The zero-order valence-electron chi connectivity index (χ0n) is 17.1. The summed E-state index contributed by atoms with van der Waals surface area (Å²) in [4.78, 5) is 25.7. The number of carboxylic acid groups (broad SMARTS) is 1. The SMILES string of the molecule is COCCN1C=C(C(=O)O)[C@](C)(c2ccc(CCC(C)(C)C)c(Cl)c2)NC1=O. The molecule has 2 amide bonds. The third-order valence-electron chi connectivity index (χ3n) is 4.98. The van der Waals surface area contributed by atoms with Crippen LogP contribution in [-0.4, -0.2) is 42.3 Å². The van der Waals surface area contributed by atoms with Gasteiger partial charge in [0.05, 0.1) is 24.3 Å². The van der Waals surface area contributed by atoms with Gasteiger partial charge in [-0.05, 0) is 42.4 Å². The molecule has 0 unspecified atom stereocenters. The maximum Gasteiger partial charge on any atom is 0.335 e. The van der Waals surface area contributed by atoms with Gasteiger partial charge in [0.25, 0.3) is 0 Å². The summed E-state index contributed by atoms with van der Waals surface area (Å²) < 4.78 is 4.99. The number of rotatable bonds is 7. The van der Waals surface area contributed by atoms with Crippen molar-refractivity contribution in [1.29, 1.82) is 0 Å². The van der Waals surface area contributed by atoms with Gasteiger partial charge in [-0.3, -0.25) is 4.90 Å². The topological polar surface area (TPSA) is 78.9 Å². The van der Waals surface area contributed by atoms with Gasteiger partial charge in [0.15, 0.2) is 0 Å². The minimum absolute atomic E-state index is 0.0710. The van der Waals surface area contributed by atoms with Gasteiger partial charge in [0, 0.05) is 18.3 Å². The zero-order chi connectivity index (χ0) is 21.1. The van der Waals surface area contributed by atoms with Crippen LogP contribution in [0.4, 0.5) is 4.79 Å². The van der Waals surface area contributed by atoms with Crippen molar-refractivity contribution >= 4 is 23.6 Å². The second kappa shape index (κ2) is 8.53. The molecule has 0 aliphatic carbocycles. The summed E-state index contributed by atoms with van der Waals surface area (Å²) in [6.45, 7) is 8.77. The maximum atomic E-state index is 12.5. The van der Waals surface area contributed by atoms with Gasteiger partial charge in [0.1, 0.15) is 0 Å². The number of ether oxygens (including phenoxy) is 1. The fourth-order valence-corrected chi connectivity index (χ4v) is 3.39. The first-order valence-corrected chi connectivity index (χ1v) is 9.68. The molecule has 1 heterocycles. The van der Waals surface area contributed by atoms with Gasteiger partial charge < -0.3 is 15.2 Å². The Hall–Kier alpha value is -2.05. The number of urea groups is 1. The Morgan fingerprint density at radius 1 is 1.36 bits per heavy atom. The summed E-state index contributed by atoms with van der Waals surface area (Å²) in [5.41, 5.74) is 0.718. The third-order valence-corrected chi connectivity index (χ3v) is 5.33. The number of carboxylic acids is 1. The fourth-order valence-electron chi connectivity index (χ4n) is 3.12. The highest BCUT2D eigenvalue weighted by atomic mass is 35.5. The van der Waals surface area contributed by atoms with Crippen LogP contribution < -0.4 is 5.32 Å². The summed E-state index contributed by atoms with van der Waals surface area (Å²) in [5, 5.41) is 13.2. The molecule has 1 aliphatic heterocycles. The van der Waals surface area contributed by atoms with Crippen molar-refractivity contribution in [3.63, 3.8) is 0 Å². The van der Waals surface area contributed by atoms with E-state index >= 15 is 0 Å². The molecule has 0 radical (unpaired) electrons. The highest BCUT2D eigenvalue weighted by Crippen LogP contribution is 2.35. The normalized spacial score (nSPS) is 20.0. The summed E-state index contributed by atoms with van der Waals surface area (Å²) in [6.07, 6.45) is 3.19. The van der Waals surface area contributed by atoms with Gasteiger partial charge in [0.2, 0.25) is 0 Å². The predicted octanol–water partition coefficient (Wildman–Crippen LogP) is 4.17. The highest BCUT2D eigenvalue weighted by molar-refractivity contribution is 6.31. The van der Waals surface area contributed by atoms with Gasteiger partial charge in [-0.25, -0.2) is 9.59 Å². The lowest BCUT2D eigenvalue weighted by Crippen LogP contribution is -2.55. The molecule has 0 spiro atoms. The van der Waals surface area contributed by atoms with Crippen molar-refractivity contribution in [1.82, 2.24) is 10.2 Å². The summed E-state index contributed by atoms with van der Waals surface area (Å²) in [7, 11) is 1.52. The second-order valence-corrected chi connectivity index (χ2v) is 8.86. The first kappa shape index (κ1) is 22.2. The number of carbonyl (C=O) groups is 2. The van der Waals surface area contributed by atoms with Crippen LogP contribution in [-0.2, 0) is 21.5 Å². The zero-order valence-corrected chi connectivity index (χ0v) is 17.9. The monoisotopic (exact) mass is 408 g/mol. The maximum absolute atomic E-state index is 12.5. The van der Waals surface area contributed by atoms with E-state index < -0.39 is 11.5 Å². The van der Waals surface area contributed by atoms with Crippen LogP contribution in [0.3, 0.4) is 0 Å². The number of carbonyl (C=O) groups excluding carboxylic acids is 1. The molecule has 7 heteroatoms. The largest absolute Gasteiger partial charge is 0.478 e. The molecule has 1 aromatic carbocycles. The Morgan fingerprint density at radius 3 is 2.57 bits per heavy atom. The molecule has 154 valence electrons. The van der Waals surface area contributed by atoms with Gasteiger partial charge >= 0.3 is 12.0 Å². The van der Waals surface area contributed by atoms with Gasteiger partial charge in [-0.1, -0.05) is 44.5 Å². The quantitative estimate of drug-likeness (QED) is 0.709. The van der Waals surface area contributed by atoms with Crippen molar-refractivity contribution < 1.29 is 19.4 Å². The molecular formula is C21H29ClN2O4. The number of aryl methyl sites for hydroxylation is 1. The van der Waals surface area contributed by atoms with E-state index in [1.165, 1.54) is 18.2 Å². The van der Waals surface area contributed by atoms with E-state index in [1.807, 2.05) is 12.1 Å². The number of amides is 2. The Kier molecular flexibility index (Phi) is 6.78. The van der Waals surface area contributed by atoms with E-state index in [1.54, 1.807) is 13.0 Å². The molecule has 0 bridgehead atoms. The first-order chi connectivity index (χ1) is 13.0. The van der Waals surface area contributed by atoms with E-state index in [2.05, 4.69) is 26.1 Å². The Labute approximate surface area is 171 Å². The number of hydrogen-bond donors (Lipinski definition) is 2. The lowest BCUT2D eigenvalue weighted by atomic mass is 9.82. The van der Waals surface area contributed by atoms with Gasteiger partial charge in [-0.2, -0.15) is 0 Å². The molecule has 1 atom stereocenters. The van der Waals surface area contributed by atoms with Crippen LogP contribution in [0.5, 0.6) is 0 Å². The standard InChI is InChI=1S/C21H29ClN2O4/c1-20(2,3)9-8-14-6-7-15(12-17(14)22)21(4)16(18(25)26)13-24(10-11-28-5)19(27)23-21/h6-7,12-13H,8-11H2,1-5H3,(H,23,27)(H,25,26)/t21-/m0/s1. The van der Waals surface area contributed by atoms with Crippen molar-refractivity contribution in [2.45, 2.75) is 46.1 Å². The molecule has 28 heavy (non-hydrogen) atoms. The summed E-state index contributed by atoms with van der Waals surface area (Å²) in [6, 6.07) is 5.13. The van der Waals surface area contributed by atoms with Crippen LogP contribution in [0.1, 0.15) is 45.2 Å². The number of nitrogens with zero attached hydrogens (tertiary/aromatic N) is 1. The van der Waals surface area contributed by atoms with Crippen molar-refractivity contribution in [3.8, 4) is 0 Å². The van der Waals surface area contributed by atoms with E-state index in [9.17, 15) is 14.7 Å². The summed E-state index contributed by atoms with van der Waals surface area (Å²) in [5.74, 6) is -1.10. The molecule has 6 nitrogen and oxygen atoms in total. The van der Waals surface area contributed by atoms with Gasteiger partial charge in [-0.15, -0.1) is 0 Å². The van der Waals surface area contributed by atoms with Crippen LogP contribution in [0.2, 0.25) is 5.02 Å². The average Bonchev–Trinajstić information content (AvgIpc) is 2.58. The lowest BCUT2D eigenvalue weighted by molar-refractivity contribution is -0.133. The minimum Gasteiger partial charge on any atom is -0.478 e. The average molecular weight is 409 g/mol. The molecule has 1 aliphatic rings. The number of aliphatic carboxylic acids is 1. The fraction of sp³-hybridized carbons (Fsp3) is 0.524. The number of halogens is 1. The van der Waals surface area contributed by atoms with E-state index in [-0.39, 0.29) is 23.6 Å². The highest BCUT2D eigenvalue weighted by Gasteiger charge is 2.42. The van der Waals surface area contributed by atoms with Crippen molar-refractivity contribution in [2.24, 2.45) is 5.41 Å². The lowest BCUT2D eigenvalue weighted by Gasteiger charge is -2.39. The minimum atomic E-state index is -1.18. The molecule has 0 aromatic heterocycles. The van der Waals surface area contributed by atoms with Crippen molar-refractivity contribution in [3.05, 3.63) is 46.1 Å². The molecule has 0 fully saturated rings. The molecule has 2 rings (SSSR count). The third kappa shape index (κ3) is 5.06. The Balaban J connectivity index is 2.37. The summed E-state index contributed by atoms with van der Waals surface area (Å²) >= 11 is 6.49. The van der Waals surface area contributed by atoms with Crippen LogP contribution in [0.15, 0.2) is 30.0 Å². The molecule has 0 saturated heterocycles.